The van der Waals surface area contributed by atoms with E-state index in [1.165, 1.54) is 18.3 Å². The van der Waals surface area contributed by atoms with Crippen LogP contribution in [0, 0.1) is 0 Å². The minimum atomic E-state index is -1.34. The molecule has 1 aromatic rings. The first-order chi connectivity index (χ1) is 8.06. The lowest BCUT2D eigenvalue weighted by Gasteiger charge is -2.17. The number of nitrogens with zero attached hydrogens (tertiary/aromatic N) is 1. The number of aromatic hydroxyl groups is 1. The van der Waals surface area contributed by atoms with Gasteiger partial charge < -0.3 is 25.2 Å². The fourth-order valence-electron chi connectivity index (χ4n) is 1.81. The summed E-state index contributed by atoms with van der Waals surface area (Å²) in [6.07, 6.45) is -3.38. The molecule has 0 unspecified atom stereocenters. The van der Waals surface area contributed by atoms with Crippen molar-refractivity contribution in [3.05, 3.63) is 28.7 Å². The molecule has 2 heterocycles. The van der Waals surface area contributed by atoms with E-state index in [2.05, 4.69) is 0 Å². The Kier molecular flexibility index (Phi) is 3.16. The highest BCUT2D eigenvalue weighted by Crippen LogP contribution is 2.28. The van der Waals surface area contributed by atoms with Crippen molar-refractivity contribution in [1.29, 1.82) is 0 Å². The van der Waals surface area contributed by atoms with E-state index >= 15 is 0 Å². The molecule has 1 saturated heterocycles. The molecule has 7 heteroatoms. The highest BCUT2D eigenvalue weighted by atomic mass is 16.6. The Bertz CT molecular complexity index is 458. The molecule has 2 rings (SSSR count). The van der Waals surface area contributed by atoms with Gasteiger partial charge in [-0.25, -0.2) is 0 Å². The number of aliphatic hydroxyl groups excluding tert-OH is 3. The summed E-state index contributed by atoms with van der Waals surface area (Å²) in [4.78, 5) is 11.6. The molecule has 0 radical (unpaired) electrons. The quantitative estimate of drug-likeness (QED) is 0.486. The Morgan fingerprint density at radius 1 is 1.35 bits per heavy atom. The average Bonchev–Trinajstić information content (AvgIpc) is 2.60. The molecule has 17 heavy (non-hydrogen) atoms. The molecule has 94 valence electrons. The van der Waals surface area contributed by atoms with Crippen molar-refractivity contribution in [3.63, 3.8) is 0 Å². The predicted octanol–water partition coefficient (Wildman–Crippen LogP) is -1.83. The predicted molar refractivity (Wildman–Crippen MR) is 55.4 cm³/mol. The Hall–Kier alpha value is -1.41. The Morgan fingerprint density at radius 3 is 2.65 bits per heavy atom. The van der Waals surface area contributed by atoms with Crippen LogP contribution in [0.15, 0.2) is 23.1 Å². The van der Waals surface area contributed by atoms with Crippen LogP contribution in [-0.4, -0.2) is 49.9 Å². The Labute approximate surface area is 96.1 Å². The maximum atomic E-state index is 11.6. The van der Waals surface area contributed by atoms with E-state index in [0.29, 0.717) is 0 Å². The lowest BCUT2D eigenvalue weighted by Crippen LogP contribution is -2.35. The van der Waals surface area contributed by atoms with Crippen molar-refractivity contribution < 1.29 is 25.2 Å². The highest BCUT2D eigenvalue weighted by Gasteiger charge is 2.43. The van der Waals surface area contributed by atoms with Gasteiger partial charge in [-0.2, -0.15) is 0 Å². The summed E-state index contributed by atoms with van der Waals surface area (Å²) in [6, 6.07) is 2.62. The standard InChI is InChI=1S/C10H13NO6/c12-4-6-7(14)8(15)10(17-6)11-3-1-2-5(13)9(11)16/h1-3,6-8,10,12-15H,4H2/t6-,7-,8+,10-/m1/s1. The van der Waals surface area contributed by atoms with E-state index in [0.717, 1.165) is 4.57 Å². The maximum absolute atomic E-state index is 11.6. The summed E-state index contributed by atoms with van der Waals surface area (Å²) in [5.41, 5.74) is -0.734. The zero-order valence-electron chi connectivity index (χ0n) is 8.80. The molecule has 7 nitrogen and oxygen atoms in total. The van der Waals surface area contributed by atoms with E-state index in [4.69, 9.17) is 9.84 Å². The summed E-state index contributed by atoms with van der Waals surface area (Å²) in [5, 5.41) is 37.4. The number of pyridine rings is 1. The van der Waals surface area contributed by atoms with Gasteiger partial charge in [-0.15, -0.1) is 0 Å². The third-order valence-electron chi connectivity index (χ3n) is 2.75. The first-order valence-corrected chi connectivity index (χ1v) is 5.09. The van der Waals surface area contributed by atoms with Crippen LogP contribution in [0.5, 0.6) is 5.75 Å². The first kappa shape index (κ1) is 12.1. The normalized spacial score (nSPS) is 32.9. The molecule has 0 aliphatic carbocycles. The molecule has 1 aliphatic rings. The minimum Gasteiger partial charge on any atom is -0.503 e. The van der Waals surface area contributed by atoms with Gasteiger partial charge in [0.25, 0.3) is 5.56 Å². The number of hydrogen-bond donors (Lipinski definition) is 4. The van der Waals surface area contributed by atoms with Crippen molar-refractivity contribution in [1.82, 2.24) is 4.57 Å². The van der Waals surface area contributed by atoms with Gasteiger partial charge >= 0.3 is 0 Å². The van der Waals surface area contributed by atoms with Gasteiger partial charge in [0.15, 0.2) is 12.0 Å². The second kappa shape index (κ2) is 4.46. The Morgan fingerprint density at radius 2 is 2.06 bits per heavy atom. The van der Waals surface area contributed by atoms with Crippen LogP contribution in [0.4, 0.5) is 0 Å². The summed E-state index contributed by atoms with van der Waals surface area (Å²) >= 11 is 0. The van der Waals surface area contributed by atoms with E-state index in [1.807, 2.05) is 0 Å². The molecule has 0 spiro atoms. The molecule has 1 fully saturated rings. The van der Waals surface area contributed by atoms with Crippen molar-refractivity contribution in [2.75, 3.05) is 6.61 Å². The molecular weight excluding hydrogens is 230 g/mol. The summed E-state index contributed by atoms with van der Waals surface area (Å²) in [6.45, 7) is -0.470. The summed E-state index contributed by atoms with van der Waals surface area (Å²) < 4.78 is 6.13. The lowest BCUT2D eigenvalue weighted by atomic mass is 10.1. The van der Waals surface area contributed by atoms with Crippen molar-refractivity contribution in [3.8, 4) is 5.75 Å². The van der Waals surface area contributed by atoms with Crippen LogP contribution < -0.4 is 5.56 Å². The molecule has 1 aromatic heterocycles. The van der Waals surface area contributed by atoms with Gasteiger partial charge in [-0.05, 0) is 12.1 Å². The molecule has 4 atom stereocenters. The maximum Gasteiger partial charge on any atom is 0.294 e. The van der Waals surface area contributed by atoms with Crippen molar-refractivity contribution in [2.45, 2.75) is 24.5 Å². The first-order valence-electron chi connectivity index (χ1n) is 5.09. The van der Waals surface area contributed by atoms with E-state index in [1.54, 1.807) is 0 Å². The molecule has 0 saturated carbocycles. The molecule has 0 amide bonds. The third-order valence-corrected chi connectivity index (χ3v) is 2.75. The van der Waals surface area contributed by atoms with Gasteiger partial charge in [0.05, 0.1) is 6.61 Å². The molecule has 4 N–H and O–H groups in total. The van der Waals surface area contributed by atoms with Crippen LogP contribution in [0.25, 0.3) is 0 Å². The van der Waals surface area contributed by atoms with Gasteiger partial charge in [0.2, 0.25) is 0 Å². The topological polar surface area (TPSA) is 112 Å². The van der Waals surface area contributed by atoms with E-state index in [9.17, 15) is 20.1 Å². The minimum absolute atomic E-state index is 0.470. The van der Waals surface area contributed by atoms with Crippen LogP contribution in [0.1, 0.15) is 6.23 Å². The fraction of sp³-hybridized carbons (Fsp3) is 0.500. The van der Waals surface area contributed by atoms with E-state index in [-0.39, 0.29) is 0 Å². The zero-order chi connectivity index (χ0) is 12.6. The second-order valence-corrected chi connectivity index (χ2v) is 3.83. The summed E-state index contributed by atoms with van der Waals surface area (Å²) in [7, 11) is 0. The van der Waals surface area contributed by atoms with Crippen LogP contribution >= 0.6 is 0 Å². The molecule has 0 aromatic carbocycles. The Balaban J connectivity index is 2.35. The number of aliphatic hydroxyl groups is 3. The average molecular weight is 243 g/mol. The second-order valence-electron chi connectivity index (χ2n) is 3.83. The zero-order valence-corrected chi connectivity index (χ0v) is 8.80. The van der Waals surface area contributed by atoms with Gasteiger partial charge in [-0.1, -0.05) is 0 Å². The van der Waals surface area contributed by atoms with E-state index < -0.39 is 42.5 Å². The number of ether oxygens (including phenoxy) is 1. The van der Waals surface area contributed by atoms with Crippen LogP contribution in [0.3, 0.4) is 0 Å². The molecular formula is C10H13NO6. The largest absolute Gasteiger partial charge is 0.503 e. The van der Waals surface area contributed by atoms with Gasteiger partial charge in [-0.3, -0.25) is 9.36 Å². The smallest absolute Gasteiger partial charge is 0.294 e. The third kappa shape index (κ3) is 1.93. The van der Waals surface area contributed by atoms with Gasteiger partial charge in [0, 0.05) is 6.20 Å². The number of aromatic nitrogens is 1. The lowest BCUT2D eigenvalue weighted by molar-refractivity contribution is -0.0546. The van der Waals surface area contributed by atoms with Crippen molar-refractivity contribution >= 4 is 0 Å². The van der Waals surface area contributed by atoms with Gasteiger partial charge in [0.1, 0.15) is 18.3 Å². The van der Waals surface area contributed by atoms with Crippen LogP contribution in [0.2, 0.25) is 0 Å². The highest BCUT2D eigenvalue weighted by molar-refractivity contribution is 5.15. The SMILES string of the molecule is O=c1c(O)cccn1[C@@H]1O[C@H](CO)[C@@H](O)[C@@H]1O. The fourth-order valence-corrected chi connectivity index (χ4v) is 1.81. The van der Waals surface area contributed by atoms with Crippen LogP contribution in [-0.2, 0) is 4.74 Å². The number of hydrogen-bond acceptors (Lipinski definition) is 6. The monoisotopic (exact) mass is 243 g/mol. The summed E-state index contributed by atoms with van der Waals surface area (Å²) in [5.74, 6) is -0.481. The number of rotatable bonds is 2. The van der Waals surface area contributed by atoms with Crippen molar-refractivity contribution in [2.24, 2.45) is 0 Å². The molecule has 1 aliphatic heterocycles. The molecule has 0 bridgehead atoms.